The van der Waals surface area contributed by atoms with Crippen LogP contribution in [-0.2, 0) is 0 Å². The zero-order chi connectivity index (χ0) is 22.2. The van der Waals surface area contributed by atoms with Crippen molar-refractivity contribution in [1.82, 2.24) is 9.55 Å². The predicted octanol–water partition coefficient (Wildman–Crippen LogP) is 6.10. The highest BCUT2D eigenvalue weighted by molar-refractivity contribution is 6.01. The molecule has 0 radical (unpaired) electrons. The second-order valence-electron chi connectivity index (χ2n) is 8.49. The van der Waals surface area contributed by atoms with Crippen LogP contribution in [0.4, 0.5) is 11.4 Å². The number of aromatic nitrogens is 2. The summed E-state index contributed by atoms with van der Waals surface area (Å²) >= 11 is 0. The summed E-state index contributed by atoms with van der Waals surface area (Å²) in [6.07, 6.45) is 3.88. The van der Waals surface area contributed by atoms with Gasteiger partial charge in [0.1, 0.15) is 17.4 Å². The number of nitrogens with one attached hydrogen (secondary N) is 1. The molecule has 1 aliphatic rings. The second-order valence-corrected chi connectivity index (χ2v) is 8.49. The van der Waals surface area contributed by atoms with E-state index < -0.39 is 0 Å². The molecular weight excluding hydrogens is 398 g/mol. The van der Waals surface area contributed by atoms with Gasteiger partial charge in [-0.05, 0) is 63.1 Å². The molecule has 0 saturated heterocycles. The van der Waals surface area contributed by atoms with Crippen molar-refractivity contribution < 1.29 is 4.74 Å². The average molecular weight is 424 g/mol. The van der Waals surface area contributed by atoms with Crippen molar-refractivity contribution in [2.24, 2.45) is 0 Å². The van der Waals surface area contributed by atoms with Crippen LogP contribution in [0.1, 0.15) is 38.3 Å². The lowest BCUT2D eigenvalue weighted by atomic mass is 10.1. The maximum atomic E-state index is 9.33. The van der Waals surface area contributed by atoms with E-state index in [0.717, 1.165) is 46.4 Å². The van der Waals surface area contributed by atoms with E-state index in [1.165, 1.54) is 0 Å². The number of nitrogens with zero attached hydrogens (tertiary/aromatic N) is 3. The molecule has 6 heteroatoms. The summed E-state index contributed by atoms with van der Waals surface area (Å²) < 4.78 is 8.31. The fraction of sp³-hybridized carbons (Fsp3) is 0.231. The second kappa shape index (κ2) is 7.93. The minimum Gasteiger partial charge on any atom is -0.438 e. The van der Waals surface area contributed by atoms with Gasteiger partial charge >= 0.3 is 0 Å². The van der Waals surface area contributed by atoms with Crippen LogP contribution >= 0.6 is 0 Å². The molecule has 3 N–H and O–H groups in total. The molecule has 0 bridgehead atoms. The summed E-state index contributed by atoms with van der Waals surface area (Å²) in [5.41, 5.74) is 12.1. The zero-order valence-electron chi connectivity index (χ0n) is 18.2. The molecule has 1 aliphatic carbocycles. The number of nitrogens with two attached hydrogens (primary N) is 1. The minimum atomic E-state index is 0.306. The molecule has 4 aromatic rings. The Balaban J connectivity index is 1.58. The molecule has 32 heavy (non-hydrogen) atoms. The van der Waals surface area contributed by atoms with E-state index in [4.69, 9.17) is 10.5 Å². The number of hydrogen-bond acceptors (Lipinski definition) is 5. The number of rotatable bonds is 6. The minimum absolute atomic E-state index is 0.306. The van der Waals surface area contributed by atoms with Gasteiger partial charge in [-0.15, -0.1) is 0 Å². The van der Waals surface area contributed by atoms with Gasteiger partial charge in [0.2, 0.25) is 5.88 Å². The maximum Gasteiger partial charge on any atom is 0.237 e. The number of nitriles is 1. The third-order valence-electron chi connectivity index (χ3n) is 5.65. The summed E-state index contributed by atoms with van der Waals surface area (Å²) in [7, 11) is 0. The lowest BCUT2D eigenvalue weighted by Gasteiger charge is -2.13. The van der Waals surface area contributed by atoms with Crippen molar-refractivity contribution in [3.05, 3.63) is 66.4 Å². The van der Waals surface area contributed by atoms with Gasteiger partial charge in [0.05, 0.1) is 16.9 Å². The molecule has 2 aromatic heterocycles. The van der Waals surface area contributed by atoms with E-state index in [0.29, 0.717) is 29.3 Å². The highest BCUT2D eigenvalue weighted by Crippen LogP contribution is 2.47. The molecule has 0 spiro atoms. The Hall–Kier alpha value is -3.98. The van der Waals surface area contributed by atoms with Crippen LogP contribution in [0, 0.1) is 11.3 Å². The number of ether oxygens (including phenoxy) is 1. The fourth-order valence-electron chi connectivity index (χ4n) is 4.11. The van der Waals surface area contributed by atoms with Crippen molar-refractivity contribution in [2.45, 2.75) is 38.8 Å². The third kappa shape index (κ3) is 3.63. The van der Waals surface area contributed by atoms with Gasteiger partial charge in [-0.25, -0.2) is 4.98 Å². The molecule has 0 aliphatic heterocycles. The maximum absolute atomic E-state index is 9.33. The zero-order valence-corrected chi connectivity index (χ0v) is 18.2. The highest BCUT2D eigenvalue weighted by Gasteiger charge is 2.30. The van der Waals surface area contributed by atoms with Crippen molar-refractivity contribution >= 4 is 22.3 Å². The van der Waals surface area contributed by atoms with E-state index in [1.54, 1.807) is 18.3 Å². The van der Waals surface area contributed by atoms with Crippen LogP contribution in [-0.4, -0.2) is 15.6 Å². The largest absolute Gasteiger partial charge is 0.438 e. The molecule has 1 saturated carbocycles. The SMILES string of the molecule is CC(C)Nc1ccc(-c2c(N)c3ccc(Oc4ncccc4C#N)cc3n2C2CC2)cc1. The van der Waals surface area contributed by atoms with Gasteiger partial charge in [0, 0.05) is 41.0 Å². The molecule has 5 rings (SSSR count). The van der Waals surface area contributed by atoms with E-state index in [2.05, 4.69) is 59.1 Å². The Kier molecular flexibility index (Phi) is 4.95. The molecule has 0 amide bonds. The van der Waals surface area contributed by atoms with Gasteiger partial charge in [-0.3, -0.25) is 0 Å². The summed E-state index contributed by atoms with van der Waals surface area (Å²) in [6, 6.07) is 20.7. The van der Waals surface area contributed by atoms with Crippen LogP contribution in [0.2, 0.25) is 0 Å². The standard InChI is InChI=1S/C26H25N5O/c1-16(2)30-19-7-5-17(6-8-19)25-24(28)22-12-11-21(14-23(22)31(25)20-9-10-20)32-26-18(15-27)4-3-13-29-26/h3-8,11-14,16,20,30H,9-10,28H2,1-2H3. The average Bonchev–Trinajstić information content (AvgIpc) is 3.59. The van der Waals surface area contributed by atoms with Crippen LogP contribution in [0.15, 0.2) is 60.8 Å². The quantitative estimate of drug-likeness (QED) is 0.391. The number of hydrogen-bond donors (Lipinski definition) is 2. The van der Waals surface area contributed by atoms with Crippen LogP contribution in [0.25, 0.3) is 22.2 Å². The van der Waals surface area contributed by atoms with E-state index in [1.807, 2.05) is 18.2 Å². The van der Waals surface area contributed by atoms with Gasteiger partial charge in [-0.1, -0.05) is 12.1 Å². The Morgan fingerprint density at radius 1 is 1.16 bits per heavy atom. The molecule has 0 unspecified atom stereocenters. The summed E-state index contributed by atoms with van der Waals surface area (Å²) in [5, 5.41) is 13.8. The lowest BCUT2D eigenvalue weighted by molar-refractivity contribution is 0.461. The predicted molar refractivity (Wildman–Crippen MR) is 128 cm³/mol. The summed E-state index contributed by atoms with van der Waals surface area (Å²) in [6.45, 7) is 4.25. The first-order chi connectivity index (χ1) is 15.5. The highest BCUT2D eigenvalue weighted by atomic mass is 16.5. The van der Waals surface area contributed by atoms with E-state index >= 15 is 0 Å². The molecule has 6 nitrogen and oxygen atoms in total. The Morgan fingerprint density at radius 3 is 2.62 bits per heavy atom. The van der Waals surface area contributed by atoms with Crippen LogP contribution in [0.3, 0.4) is 0 Å². The van der Waals surface area contributed by atoms with Crippen molar-refractivity contribution in [1.29, 1.82) is 5.26 Å². The number of benzene rings is 2. The number of pyridine rings is 1. The van der Waals surface area contributed by atoms with Crippen LogP contribution < -0.4 is 15.8 Å². The van der Waals surface area contributed by atoms with Crippen molar-refractivity contribution in [2.75, 3.05) is 11.1 Å². The topological polar surface area (TPSA) is 88.9 Å². The van der Waals surface area contributed by atoms with Gasteiger partial charge in [0.15, 0.2) is 0 Å². The lowest BCUT2D eigenvalue weighted by Crippen LogP contribution is -2.09. The van der Waals surface area contributed by atoms with E-state index in [-0.39, 0.29) is 0 Å². The van der Waals surface area contributed by atoms with Gasteiger partial charge < -0.3 is 20.4 Å². The molecule has 2 heterocycles. The Labute approximate surface area is 187 Å². The fourth-order valence-corrected chi connectivity index (χ4v) is 4.11. The monoisotopic (exact) mass is 423 g/mol. The molecular formula is C26H25N5O. The normalized spacial score (nSPS) is 13.3. The van der Waals surface area contributed by atoms with Crippen LogP contribution in [0.5, 0.6) is 11.6 Å². The van der Waals surface area contributed by atoms with Crippen molar-refractivity contribution in [3.63, 3.8) is 0 Å². The number of anilines is 2. The molecule has 160 valence electrons. The molecule has 1 fully saturated rings. The third-order valence-corrected chi connectivity index (χ3v) is 5.65. The molecule has 2 aromatic carbocycles. The summed E-state index contributed by atoms with van der Waals surface area (Å²) in [5.74, 6) is 0.940. The molecule has 0 atom stereocenters. The number of nitrogen functional groups attached to an aromatic ring is 1. The first kappa shape index (κ1) is 20.0. The number of fused-ring (bicyclic) bond motifs is 1. The van der Waals surface area contributed by atoms with Crippen molar-refractivity contribution in [3.8, 4) is 29.0 Å². The Bertz CT molecular complexity index is 1330. The Morgan fingerprint density at radius 2 is 1.94 bits per heavy atom. The first-order valence-corrected chi connectivity index (χ1v) is 10.9. The first-order valence-electron chi connectivity index (χ1n) is 10.9. The van der Waals surface area contributed by atoms with E-state index in [9.17, 15) is 5.26 Å². The van der Waals surface area contributed by atoms with Gasteiger partial charge in [0.25, 0.3) is 0 Å². The smallest absolute Gasteiger partial charge is 0.237 e. The summed E-state index contributed by atoms with van der Waals surface area (Å²) in [4.78, 5) is 4.21. The van der Waals surface area contributed by atoms with Gasteiger partial charge in [-0.2, -0.15) is 5.26 Å².